The molecule has 26 heavy (non-hydrogen) atoms. The fourth-order valence-corrected chi connectivity index (χ4v) is 3.93. The molecular weight excluding hydrogens is 442 g/mol. The third-order valence-electron chi connectivity index (χ3n) is 5.23. The molecule has 0 saturated carbocycles. The number of nitrogens with zero attached hydrogens (tertiary/aromatic N) is 3. The fourth-order valence-electron chi connectivity index (χ4n) is 3.93. The second-order valence-corrected chi connectivity index (χ2v) is 7.10. The lowest BCUT2D eigenvalue weighted by molar-refractivity contribution is 0.249. The number of aliphatic imine (C=N–C) groups is 1. The predicted octanol–water partition coefficient (Wildman–Crippen LogP) is 3.51. The average Bonchev–Trinajstić information content (AvgIpc) is 3.28. The van der Waals surface area contributed by atoms with Gasteiger partial charge in [-0.3, -0.25) is 9.89 Å². The van der Waals surface area contributed by atoms with Crippen LogP contribution in [0.25, 0.3) is 0 Å². The largest absolute Gasteiger partial charge is 0.357 e. The highest BCUT2D eigenvalue weighted by molar-refractivity contribution is 14.0. The quantitative estimate of drug-likeness (QED) is 0.296. The summed E-state index contributed by atoms with van der Waals surface area (Å²) in [6.45, 7) is 8.51. The maximum Gasteiger partial charge on any atom is 0.193 e. The highest BCUT2D eigenvalue weighted by atomic mass is 127. The molecule has 2 fully saturated rings. The normalized spacial score (nSPS) is 21.1. The van der Waals surface area contributed by atoms with Gasteiger partial charge in [0.25, 0.3) is 0 Å². The first-order chi connectivity index (χ1) is 12.3. The van der Waals surface area contributed by atoms with Crippen LogP contribution in [-0.2, 0) is 6.42 Å². The minimum absolute atomic E-state index is 0. The van der Waals surface area contributed by atoms with Gasteiger partial charge in [-0.05, 0) is 69.8 Å². The number of hydrogen-bond acceptors (Lipinski definition) is 2. The number of aryl methyl sites for hydroxylation is 1. The summed E-state index contributed by atoms with van der Waals surface area (Å²) in [7, 11) is 0. The maximum atomic E-state index is 13.2. The van der Waals surface area contributed by atoms with Crippen LogP contribution in [0.4, 0.5) is 4.39 Å². The summed E-state index contributed by atoms with van der Waals surface area (Å²) < 4.78 is 13.2. The van der Waals surface area contributed by atoms with Crippen LogP contribution in [0.2, 0.25) is 0 Å². The van der Waals surface area contributed by atoms with E-state index in [1.165, 1.54) is 38.4 Å². The first-order valence-corrected chi connectivity index (χ1v) is 9.78. The highest BCUT2D eigenvalue weighted by Gasteiger charge is 2.30. The number of hydrogen-bond donors (Lipinski definition) is 1. The van der Waals surface area contributed by atoms with E-state index in [1.807, 2.05) is 6.07 Å². The van der Waals surface area contributed by atoms with Gasteiger partial charge in [-0.25, -0.2) is 4.39 Å². The van der Waals surface area contributed by atoms with Crippen LogP contribution in [-0.4, -0.2) is 61.1 Å². The van der Waals surface area contributed by atoms with Gasteiger partial charge in [-0.2, -0.15) is 0 Å². The Bertz CT molecular complexity index is 575. The molecule has 6 heteroatoms. The second-order valence-electron chi connectivity index (χ2n) is 7.10. The minimum atomic E-state index is -0.153. The molecule has 1 aromatic carbocycles. The molecular formula is C20H32FIN4. The molecule has 1 N–H and O–H groups in total. The molecule has 0 radical (unpaired) electrons. The number of guanidine groups is 1. The van der Waals surface area contributed by atoms with E-state index < -0.39 is 0 Å². The van der Waals surface area contributed by atoms with Crippen molar-refractivity contribution in [2.45, 2.75) is 45.1 Å². The van der Waals surface area contributed by atoms with Crippen molar-refractivity contribution in [3.05, 3.63) is 35.6 Å². The third-order valence-corrected chi connectivity index (χ3v) is 5.23. The summed E-state index contributed by atoms with van der Waals surface area (Å²) in [5.41, 5.74) is 1.05. The van der Waals surface area contributed by atoms with Gasteiger partial charge >= 0.3 is 0 Å². The van der Waals surface area contributed by atoms with Gasteiger partial charge in [0.1, 0.15) is 5.82 Å². The summed E-state index contributed by atoms with van der Waals surface area (Å²) in [6, 6.07) is 7.57. The number of nitrogens with one attached hydrogen (secondary N) is 1. The van der Waals surface area contributed by atoms with E-state index in [-0.39, 0.29) is 29.8 Å². The van der Waals surface area contributed by atoms with Crippen LogP contribution in [0.5, 0.6) is 0 Å². The lowest BCUT2D eigenvalue weighted by atomic mass is 10.1. The Balaban J connectivity index is 0.00000243. The molecule has 2 heterocycles. The number of rotatable bonds is 6. The van der Waals surface area contributed by atoms with Gasteiger partial charge in [0.05, 0.1) is 0 Å². The molecule has 2 aliphatic rings. The zero-order chi connectivity index (χ0) is 17.5. The van der Waals surface area contributed by atoms with Gasteiger partial charge in [-0.15, -0.1) is 24.0 Å². The Hall–Kier alpha value is -0.890. The van der Waals surface area contributed by atoms with Gasteiger partial charge in [0, 0.05) is 32.2 Å². The molecule has 0 aliphatic carbocycles. The predicted molar refractivity (Wildman–Crippen MR) is 117 cm³/mol. The van der Waals surface area contributed by atoms with Crippen molar-refractivity contribution < 1.29 is 4.39 Å². The molecule has 4 nitrogen and oxygen atoms in total. The third kappa shape index (κ3) is 6.08. The minimum Gasteiger partial charge on any atom is -0.357 e. The van der Waals surface area contributed by atoms with Crippen molar-refractivity contribution in [1.82, 2.24) is 15.1 Å². The van der Waals surface area contributed by atoms with E-state index in [0.717, 1.165) is 50.5 Å². The molecule has 0 aromatic heterocycles. The first kappa shape index (κ1) is 21.4. The van der Waals surface area contributed by atoms with Crippen LogP contribution in [0.1, 0.15) is 38.2 Å². The van der Waals surface area contributed by atoms with Gasteiger partial charge < -0.3 is 10.2 Å². The van der Waals surface area contributed by atoms with Crippen LogP contribution in [0.15, 0.2) is 29.3 Å². The zero-order valence-corrected chi connectivity index (χ0v) is 18.1. The molecule has 1 atom stereocenters. The van der Waals surface area contributed by atoms with E-state index in [2.05, 4.69) is 22.0 Å². The van der Waals surface area contributed by atoms with Crippen molar-refractivity contribution in [2.75, 3.05) is 39.3 Å². The first-order valence-electron chi connectivity index (χ1n) is 9.78. The summed E-state index contributed by atoms with van der Waals surface area (Å²) in [5, 5.41) is 3.44. The van der Waals surface area contributed by atoms with Crippen LogP contribution in [0.3, 0.4) is 0 Å². The van der Waals surface area contributed by atoms with Crippen molar-refractivity contribution >= 4 is 29.9 Å². The smallest absolute Gasteiger partial charge is 0.193 e. The van der Waals surface area contributed by atoms with E-state index in [4.69, 9.17) is 4.99 Å². The average molecular weight is 474 g/mol. The van der Waals surface area contributed by atoms with E-state index in [9.17, 15) is 4.39 Å². The molecule has 2 saturated heterocycles. The van der Waals surface area contributed by atoms with E-state index in [1.54, 1.807) is 12.1 Å². The number of likely N-dealkylation sites (tertiary alicyclic amines) is 2. The molecule has 1 unspecified atom stereocenters. The molecule has 0 bridgehead atoms. The van der Waals surface area contributed by atoms with Crippen molar-refractivity contribution in [3.8, 4) is 0 Å². The summed E-state index contributed by atoms with van der Waals surface area (Å²) in [4.78, 5) is 9.87. The zero-order valence-electron chi connectivity index (χ0n) is 15.8. The summed E-state index contributed by atoms with van der Waals surface area (Å²) in [5.74, 6) is 0.891. The topological polar surface area (TPSA) is 30.9 Å². The molecule has 146 valence electrons. The maximum absolute atomic E-state index is 13.2. The molecule has 2 aliphatic heterocycles. The Morgan fingerprint density at radius 1 is 1.27 bits per heavy atom. The van der Waals surface area contributed by atoms with Crippen LogP contribution >= 0.6 is 24.0 Å². The second kappa shape index (κ2) is 11.1. The number of benzene rings is 1. The van der Waals surface area contributed by atoms with Crippen molar-refractivity contribution in [2.24, 2.45) is 4.99 Å². The highest BCUT2D eigenvalue weighted by Crippen LogP contribution is 2.20. The van der Waals surface area contributed by atoms with Gasteiger partial charge in [0.2, 0.25) is 0 Å². The standard InChI is InChI=1S/C20H31FN4.HI/c1-2-22-20(23-11-6-8-17-7-5-9-18(21)15-17)25-14-10-19(16-25)24-12-3-4-13-24;/h5,7,9,15,19H,2-4,6,8,10-14,16H2,1H3,(H,22,23);1H. The summed E-state index contributed by atoms with van der Waals surface area (Å²) >= 11 is 0. The molecule has 0 spiro atoms. The van der Waals surface area contributed by atoms with E-state index in [0.29, 0.717) is 6.04 Å². The van der Waals surface area contributed by atoms with E-state index >= 15 is 0 Å². The molecule has 1 aromatic rings. The lowest BCUT2D eigenvalue weighted by Crippen LogP contribution is -2.42. The van der Waals surface area contributed by atoms with Crippen LogP contribution in [0, 0.1) is 5.82 Å². The van der Waals surface area contributed by atoms with Gasteiger partial charge in [-0.1, -0.05) is 12.1 Å². The van der Waals surface area contributed by atoms with Crippen molar-refractivity contribution in [1.29, 1.82) is 0 Å². The SMILES string of the molecule is CCNC(=NCCCc1cccc(F)c1)N1CCC(N2CCCC2)C1.I. The lowest BCUT2D eigenvalue weighted by Gasteiger charge is -2.25. The van der Waals surface area contributed by atoms with Crippen molar-refractivity contribution in [3.63, 3.8) is 0 Å². The monoisotopic (exact) mass is 474 g/mol. The Morgan fingerprint density at radius 2 is 2.08 bits per heavy atom. The summed E-state index contributed by atoms with van der Waals surface area (Å²) in [6.07, 6.45) is 5.77. The molecule has 0 amide bonds. The Labute approximate surface area is 174 Å². The Morgan fingerprint density at radius 3 is 2.81 bits per heavy atom. The fraction of sp³-hybridized carbons (Fsp3) is 0.650. The van der Waals surface area contributed by atoms with Crippen LogP contribution < -0.4 is 5.32 Å². The number of halogens is 2. The Kier molecular flexibility index (Phi) is 9.11. The van der Waals surface area contributed by atoms with Gasteiger partial charge in [0.15, 0.2) is 5.96 Å². The molecule has 3 rings (SSSR count).